The first kappa shape index (κ1) is 25.6. The molecule has 0 unspecified atom stereocenters. The van der Waals surface area contributed by atoms with Crippen LogP contribution in [-0.4, -0.2) is 0 Å². The van der Waals surface area contributed by atoms with Crippen LogP contribution in [0.1, 0.15) is 33.4 Å². The van der Waals surface area contributed by atoms with Crippen LogP contribution in [0.5, 0.6) is 11.5 Å². The van der Waals surface area contributed by atoms with E-state index in [0.717, 1.165) is 33.8 Å². The van der Waals surface area contributed by atoms with Crippen molar-refractivity contribution in [2.24, 2.45) is 0 Å². The van der Waals surface area contributed by atoms with Gasteiger partial charge in [-0.05, 0) is 79.9 Å². The SMILES string of the molecule is c1ccc(COc2ccc(C(=C3c4ccccc4-c4ccccc43)c3ccc(OCc4ccccc4)cc3)cc2)cc1. The van der Waals surface area contributed by atoms with Gasteiger partial charge in [0.1, 0.15) is 24.7 Å². The molecule has 6 aromatic carbocycles. The minimum Gasteiger partial charge on any atom is -0.489 e. The van der Waals surface area contributed by atoms with Crippen molar-refractivity contribution in [3.63, 3.8) is 0 Å². The molecule has 0 aromatic heterocycles. The molecule has 0 heterocycles. The lowest BCUT2D eigenvalue weighted by Crippen LogP contribution is -1.98. The molecule has 0 fully saturated rings. The van der Waals surface area contributed by atoms with Crippen LogP contribution in [0.25, 0.3) is 22.3 Å². The van der Waals surface area contributed by atoms with Gasteiger partial charge in [-0.3, -0.25) is 0 Å². The van der Waals surface area contributed by atoms with E-state index in [4.69, 9.17) is 9.47 Å². The third-order valence-corrected chi connectivity index (χ3v) is 7.72. The Morgan fingerprint density at radius 2 is 0.714 bits per heavy atom. The summed E-state index contributed by atoms with van der Waals surface area (Å²) >= 11 is 0. The predicted octanol–water partition coefficient (Wildman–Crippen LogP) is 9.83. The van der Waals surface area contributed by atoms with E-state index in [2.05, 4.69) is 121 Å². The molecule has 1 aliphatic carbocycles. The van der Waals surface area contributed by atoms with Gasteiger partial charge in [-0.1, -0.05) is 133 Å². The quantitative estimate of drug-likeness (QED) is 0.190. The van der Waals surface area contributed by atoms with Crippen LogP contribution >= 0.6 is 0 Å². The number of hydrogen-bond acceptors (Lipinski definition) is 2. The molecule has 7 rings (SSSR count). The molecular formula is C40H30O2. The molecule has 0 amide bonds. The number of fused-ring (bicyclic) bond motifs is 3. The largest absolute Gasteiger partial charge is 0.489 e. The van der Waals surface area contributed by atoms with Gasteiger partial charge in [0.25, 0.3) is 0 Å². The summed E-state index contributed by atoms with van der Waals surface area (Å²) in [5.74, 6) is 1.70. The third-order valence-electron chi connectivity index (χ3n) is 7.72. The van der Waals surface area contributed by atoms with E-state index in [-0.39, 0.29) is 0 Å². The standard InChI is InChI=1S/C40H30O2/c1-3-11-29(12-4-1)27-41-33-23-19-31(20-24-33)39(32-21-25-34(26-22-32)42-28-30-13-5-2-6-14-30)40-37-17-9-7-15-35(37)36-16-8-10-18-38(36)40/h1-26H,27-28H2. The molecule has 1 aliphatic rings. The van der Waals surface area contributed by atoms with Crippen LogP contribution in [0.2, 0.25) is 0 Å². The summed E-state index contributed by atoms with van der Waals surface area (Å²) < 4.78 is 12.2. The fourth-order valence-corrected chi connectivity index (χ4v) is 5.66. The molecular weight excluding hydrogens is 512 g/mol. The lowest BCUT2D eigenvalue weighted by molar-refractivity contribution is 0.306. The van der Waals surface area contributed by atoms with E-state index < -0.39 is 0 Å². The summed E-state index contributed by atoms with van der Waals surface area (Å²) in [6.45, 7) is 1.08. The highest BCUT2D eigenvalue weighted by atomic mass is 16.5. The summed E-state index contributed by atoms with van der Waals surface area (Å²) in [6.07, 6.45) is 0. The Morgan fingerprint density at radius 3 is 1.12 bits per heavy atom. The molecule has 202 valence electrons. The lowest BCUT2D eigenvalue weighted by Gasteiger charge is -2.16. The molecule has 42 heavy (non-hydrogen) atoms. The fraction of sp³-hybridized carbons (Fsp3) is 0.0500. The summed E-state index contributed by atoms with van der Waals surface area (Å²) in [6, 6.07) is 54.9. The van der Waals surface area contributed by atoms with Crippen molar-refractivity contribution in [3.05, 3.63) is 191 Å². The second-order valence-corrected chi connectivity index (χ2v) is 10.4. The van der Waals surface area contributed by atoms with Gasteiger partial charge in [-0.25, -0.2) is 0 Å². The Kier molecular flexibility index (Phi) is 7.10. The molecule has 0 spiro atoms. The van der Waals surface area contributed by atoms with Gasteiger partial charge in [0, 0.05) is 0 Å². The highest BCUT2D eigenvalue weighted by Crippen LogP contribution is 2.49. The summed E-state index contributed by atoms with van der Waals surface area (Å²) in [5.41, 5.74) is 12.1. The zero-order valence-electron chi connectivity index (χ0n) is 23.2. The van der Waals surface area contributed by atoms with Crippen LogP contribution in [0, 0.1) is 0 Å². The van der Waals surface area contributed by atoms with Gasteiger partial charge in [0.15, 0.2) is 0 Å². The van der Waals surface area contributed by atoms with Crippen LogP contribution in [0.4, 0.5) is 0 Å². The minimum atomic E-state index is 0.541. The van der Waals surface area contributed by atoms with Crippen molar-refractivity contribution in [2.75, 3.05) is 0 Å². The van der Waals surface area contributed by atoms with E-state index in [9.17, 15) is 0 Å². The van der Waals surface area contributed by atoms with E-state index in [1.54, 1.807) is 0 Å². The summed E-state index contributed by atoms with van der Waals surface area (Å²) in [5, 5.41) is 0. The monoisotopic (exact) mass is 542 g/mol. The molecule has 0 radical (unpaired) electrons. The molecule has 0 aliphatic heterocycles. The molecule has 0 saturated heterocycles. The van der Waals surface area contributed by atoms with Gasteiger partial charge in [-0.2, -0.15) is 0 Å². The number of rotatable bonds is 8. The number of benzene rings is 6. The molecule has 2 nitrogen and oxygen atoms in total. The first-order valence-electron chi connectivity index (χ1n) is 14.3. The van der Waals surface area contributed by atoms with Gasteiger partial charge in [-0.15, -0.1) is 0 Å². The Bertz CT molecular complexity index is 1700. The Morgan fingerprint density at radius 1 is 0.357 bits per heavy atom. The average Bonchev–Trinajstić information content (AvgIpc) is 3.39. The fourth-order valence-electron chi connectivity index (χ4n) is 5.66. The van der Waals surface area contributed by atoms with Crippen LogP contribution in [-0.2, 0) is 13.2 Å². The Hall–Kier alpha value is -5.34. The molecule has 6 aromatic rings. The second kappa shape index (κ2) is 11.6. The van der Waals surface area contributed by atoms with Crippen molar-refractivity contribution in [1.82, 2.24) is 0 Å². The number of ether oxygens (including phenoxy) is 2. The van der Waals surface area contributed by atoms with E-state index in [0.29, 0.717) is 13.2 Å². The third kappa shape index (κ3) is 5.23. The van der Waals surface area contributed by atoms with Crippen LogP contribution < -0.4 is 9.47 Å². The van der Waals surface area contributed by atoms with Crippen LogP contribution in [0.3, 0.4) is 0 Å². The van der Waals surface area contributed by atoms with E-state index >= 15 is 0 Å². The van der Waals surface area contributed by atoms with E-state index in [1.165, 1.54) is 33.4 Å². The topological polar surface area (TPSA) is 18.5 Å². The molecule has 0 atom stereocenters. The average molecular weight is 543 g/mol. The van der Waals surface area contributed by atoms with Crippen LogP contribution in [0.15, 0.2) is 158 Å². The highest BCUT2D eigenvalue weighted by molar-refractivity contribution is 6.13. The maximum atomic E-state index is 6.12. The van der Waals surface area contributed by atoms with Gasteiger partial charge in [0.2, 0.25) is 0 Å². The minimum absolute atomic E-state index is 0.541. The van der Waals surface area contributed by atoms with Crippen molar-refractivity contribution < 1.29 is 9.47 Å². The maximum absolute atomic E-state index is 6.12. The van der Waals surface area contributed by atoms with E-state index in [1.807, 2.05) is 36.4 Å². The normalized spacial score (nSPS) is 11.5. The first-order valence-corrected chi connectivity index (χ1v) is 14.3. The number of hydrogen-bond donors (Lipinski definition) is 0. The molecule has 0 bridgehead atoms. The first-order chi connectivity index (χ1) is 20.8. The van der Waals surface area contributed by atoms with Crippen molar-refractivity contribution in [3.8, 4) is 22.6 Å². The van der Waals surface area contributed by atoms with Gasteiger partial charge >= 0.3 is 0 Å². The van der Waals surface area contributed by atoms with Gasteiger partial charge < -0.3 is 9.47 Å². The smallest absolute Gasteiger partial charge is 0.119 e. The van der Waals surface area contributed by atoms with Gasteiger partial charge in [0.05, 0.1) is 0 Å². The lowest BCUT2D eigenvalue weighted by atomic mass is 9.88. The maximum Gasteiger partial charge on any atom is 0.119 e. The Balaban J connectivity index is 1.27. The molecule has 0 saturated carbocycles. The Labute approximate surface area is 247 Å². The van der Waals surface area contributed by atoms with Crippen molar-refractivity contribution in [1.29, 1.82) is 0 Å². The summed E-state index contributed by atoms with van der Waals surface area (Å²) in [4.78, 5) is 0. The van der Waals surface area contributed by atoms with Crippen molar-refractivity contribution >= 4 is 11.1 Å². The molecule has 2 heteroatoms. The summed E-state index contributed by atoms with van der Waals surface area (Å²) in [7, 11) is 0. The predicted molar refractivity (Wildman–Crippen MR) is 171 cm³/mol. The van der Waals surface area contributed by atoms with Crippen molar-refractivity contribution in [2.45, 2.75) is 13.2 Å². The highest BCUT2D eigenvalue weighted by Gasteiger charge is 2.26. The zero-order chi connectivity index (χ0) is 28.1. The zero-order valence-corrected chi connectivity index (χ0v) is 23.2. The molecule has 0 N–H and O–H groups in total. The second-order valence-electron chi connectivity index (χ2n) is 10.4.